The first-order valence-electron chi connectivity index (χ1n) is 10.9. The molecule has 35 heavy (non-hydrogen) atoms. The number of fused-ring (bicyclic) bond motifs is 1. The van der Waals surface area contributed by atoms with E-state index in [4.69, 9.17) is 9.47 Å². The summed E-state index contributed by atoms with van der Waals surface area (Å²) in [5.74, 6) is 0.444. The number of nitrogens with one attached hydrogen (secondary N) is 1. The number of benzene rings is 1. The topological polar surface area (TPSA) is 86.4 Å². The summed E-state index contributed by atoms with van der Waals surface area (Å²) in [5.41, 5.74) is 2.37. The Bertz CT molecular complexity index is 1240. The van der Waals surface area contributed by atoms with Gasteiger partial charge in [-0.1, -0.05) is 6.07 Å². The molecule has 0 aliphatic carbocycles. The minimum Gasteiger partial charge on any atom is -0.493 e. The molecule has 3 heterocycles. The molecule has 0 spiro atoms. The molecule has 12 heteroatoms. The van der Waals surface area contributed by atoms with Gasteiger partial charge < -0.3 is 19.7 Å². The number of alkyl halides is 3. The van der Waals surface area contributed by atoms with Crippen molar-refractivity contribution in [2.75, 3.05) is 26.6 Å². The normalized spacial score (nSPS) is 17.5. The van der Waals surface area contributed by atoms with Crippen LogP contribution in [0.25, 0.3) is 0 Å². The molecule has 0 saturated heterocycles. The lowest BCUT2D eigenvalue weighted by Gasteiger charge is -2.34. The van der Waals surface area contributed by atoms with Gasteiger partial charge in [-0.3, -0.25) is 9.48 Å². The van der Waals surface area contributed by atoms with Gasteiger partial charge in [0.2, 0.25) is 0 Å². The van der Waals surface area contributed by atoms with Gasteiger partial charge in [-0.15, -0.1) is 0 Å². The van der Waals surface area contributed by atoms with Crippen LogP contribution in [0, 0.1) is 6.92 Å². The Morgan fingerprint density at radius 2 is 1.91 bits per heavy atom. The highest BCUT2D eigenvalue weighted by molar-refractivity contribution is 5.98. The van der Waals surface area contributed by atoms with E-state index in [1.165, 1.54) is 25.3 Å². The first-order valence-corrected chi connectivity index (χ1v) is 10.9. The van der Waals surface area contributed by atoms with Crippen LogP contribution < -0.4 is 14.8 Å². The van der Waals surface area contributed by atoms with Gasteiger partial charge in [0.05, 0.1) is 32.7 Å². The number of nitrogens with zero attached hydrogens (tertiary/aromatic N) is 5. The molecule has 0 radical (unpaired) electrons. The van der Waals surface area contributed by atoms with Gasteiger partial charge in [0.25, 0.3) is 5.91 Å². The number of halogens is 3. The van der Waals surface area contributed by atoms with E-state index in [0.29, 0.717) is 17.1 Å². The van der Waals surface area contributed by atoms with E-state index in [2.05, 4.69) is 15.5 Å². The van der Waals surface area contributed by atoms with Crippen LogP contribution in [0.15, 0.2) is 30.6 Å². The largest absolute Gasteiger partial charge is 0.493 e. The molecular formula is C23H27F3N6O3. The lowest BCUT2D eigenvalue weighted by atomic mass is 9.96. The molecule has 0 unspecified atom stereocenters. The van der Waals surface area contributed by atoms with E-state index < -0.39 is 24.2 Å². The van der Waals surface area contributed by atoms with Crippen LogP contribution in [0.1, 0.15) is 45.7 Å². The Morgan fingerprint density at radius 3 is 2.51 bits per heavy atom. The summed E-state index contributed by atoms with van der Waals surface area (Å²) in [6.07, 6.45) is -2.01. The molecular weight excluding hydrogens is 465 g/mol. The van der Waals surface area contributed by atoms with Crippen LogP contribution in [0.4, 0.5) is 19.0 Å². The number of hydrogen-bond acceptors (Lipinski definition) is 6. The second kappa shape index (κ2) is 9.16. The standard InChI is InChI=1S/C23H27F3N6O3/c1-13-15(10-27-31(13)3)12-30(2)22(33)16-11-28-32-20(23(24,25)26)9-17(29-21(16)32)14-6-7-18(34-4)19(8-14)35-5/h6-8,10-11,17,20,29H,9,12H2,1-5H3/t17-,20+/m1/s1. The lowest BCUT2D eigenvalue weighted by molar-refractivity contribution is -0.173. The number of ether oxygens (including phenoxy) is 2. The highest BCUT2D eigenvalue weighted by Crippen LogP contribution is 2.45. The summed E-state index contributed by atoms with van der Waals surface area (Å²) in [5, 5.41) is 11.2. The zero-order chi connectivity index (χ0) is 25.5. The molecule has 188 valence electrons. The first-order chi connectivity index (χ1) is 16.5. The molecule has 1 N–H and O–H groups in total. The number of rotatable bonds is 6. The van der Waals surface area contributed by atoms with Gasteiger partial charge >= 0.3 is 6.18 Å². The number of carbonyl (C=O) groups is 1. The molecule has 1 amide bonds. The van der Waals surface area contributed by atoms with E-state index in [1.807, 2.05) is 6.92 Å². The Balaban J connectivity index is 1.68. The molecule has 2 atom stereocenters. The summed E-state index contributed by atoms with van der Waals surface area (Å²) in [7, 11) is 6.33. The molecule has 1 aliphatic heterocycles. The van der Waals surface area contributed by atoms with E-state index in [0.717, 1.165) is 15.9 Å². The maximum Gasteiger partial charge on any atom is 0.410 e. The van der Waals surface area contributed by atoms with Crippen LogP contribution >= 0.6 is 0 Å². The third-order valence-corrected chi connectivity index (χ3v) is 6.37. The van der Waals surface area contributed by atoms with E-state index in [9.17, 15) is 18.0 Å². The van der Waals surface area contributed by atoms with Crippen molar-refractivity contribution >= 4 is 11.7 Å². The predicted octanol–water partition coefficient (Wildman–Crippen LogP) is 3.87. The molecule has 1 aliphatic rings. The smallest absolute Gasteiger partial charge is 0.410 e. The van der Waals surface area contributed by atoms with Crippen molar-refractivity contribution in [2.24, 2.45) is 7.05 Å². The molecule has 4 rings (SSSR count). The average molecular weight is 493 g/mol. The number of anilines is 1. The molecule has 1 aromatic carbocycles. The zero-order valence-electron chi connectivity index (χ0n) is 20.1. The Labute approximate surface area is 200 Å². The predicted molar refractivity (Wildman–Crippen MR) is 122 cm³/mol. The van der Waals surface area contributed by atoms with Gasteiger partial charge in [-0.2, -0.15) is 23.4 Å². The Kier molecular flexibility index (Phi) is 6.39. The maximum atomic E-state index is 14.0. The number of methoxy groups -OCH3 is 2. The first kappa shape index (κ1) is 24.4. The second-order valence-electron chi connectivity index (χ2n) is 8.50. The van der Waals surface area contributed by atoms with Gasteiger partial charge in [0.1, 0.15) is 11.4 Å². The van der Waals surface area contributed by atoms with Crippen molar-refractivity contribution in [3.8, 4) is 11.5 Å². The summed E-state index contributed by atoms with van der Waals surface area (Å²) in [6, 6.07) is 2.32. The van der Waals surface area contributed by atoms with E-state index in [1.54, 1.807) is 43.2 Å². The van der Waals surface area contributed by atoms with Crippen LogP contribution in [-0.2, 0) is 13.6 Å². The van der Waals surface area contributed by atoms with Crippen molar-refractivity contribution in [1.29, 1.82) is 0 Å². The van der Waals surface area contributed by atoms with Crippen LogP contribution in [-0.4, -0.2) is 57.8 Å². The fourth-order valence-corrected chi connectivity index (χ4v) is 4.24. The highest BCUT2D eigenvalue weighted by Gasteiger charge is 2.47. The van der Waals surface area contributed by atoms with E-state index in [-0.39, 0.29) is 24.3 Å². The number of hydrogen-bond donors (Lipinski definition) is 1. The van der Waals surface area contributed by atoms with Gasteiger partial charge in [0.15, 0.2) is 17.5 Å². The number of carbonyl (C=O) groups excluding carboxylic acids is 1. The second-order valence-corrected chi connectivity index (χ2v) is 8.50. The third-order valence-electron chi connectivity index (χ3n) is 6.37. The summed E-state index contributed by atoms with van der Waals surface area (Å²) in [6.45, 7) is 2.14. The summed E-state index contributed by atoms with van der Waals surface area (Å²) >= 11 is 0. The fourth-order valence-electron chi connectivity index (χ4n) is 4.24. The minimum atomic E-state index is -4.56. The van der Waals surface area contributed by atoms with Crippen molar-refractivity contribution in [1.82, 2.24) is 24.5 Å². The van der Waals surface area contributed by atoms with E-state index >= 15 is 0 Å². The number of aryl methyl sites for hydroxylation is 1. The fraction of sp³-hybridized carbons (Fsp3) is 0.435. The van der Waals surface area contributed by atoms with Crippen LogP contribution in [0.2, 0.25) is 0 Å². The maximum absolute atomic E-state index is 14.0. The average Bonchev–Trinajstić information content (AvgIpc) is 3.40. The van der Waals surface area contributed by atoms with Crippen molar-refractivity contribution in [2.45, 2.75) is 38.1 Å². The Hall–Kier alpha value is -3.70. The Morgan fingerprint density at radius 1 is 1.20 bits per heavy atom. The highest BCUT2D eigenvalue weighted by atomic mass is 19.4. The summed E-state index contributed by atoms with van der Waals surface area (Å²) < 4.78 is 55.2. The van der Waals surface area contributed by atoms with Gasteiger partial charge in [-0.25, -0.2) is 4.68 Å². The molecule has 0 fully saturated rings. The molecule has 0 saturated carbocycles. The van der Waals surface area contributed by atoms with Gasteiger partial charge in [-0.05, 0) is 24.6 Å². The molecule has 2 aromatic heterocycles. The quantitative estimate of drug-likeness (QED) is 0.562. The monoisotopic (exact) mass is 492 g/mol. The van der Waals surface area contributed by atoms with Crippen LogP contribution in [0.5, 0.6) is 11.5 Å². The zero-order valence-corrected chi connectivity index (χ0v) is 20.1. The molecule has 3 aromatic rings. The van der Waals surface area contributed by atoms with Gasteiger partial charge in [0, 0.05) is 38.3 Å². The molecule has 9 nitrogen and oxygen atoms in total. The van der Waals surface area contributed by atoms with Crippen molar-refractivity contribution in [3.63, 3.8) is 0 Å². The molecule has 0 bridgehead atoms. The van der Waals surface area contributed by atoms with Crippen LogP contribution in [0.3, 0.4) is 0 Å². The van der Waals surface area contributed by atoms with Crippen molar-refractivity contribution in [3.05, 3.63) is 53.0 Å². The lowest BCUT2D eigenvalue weighted by Crippen LogP contribution is -2.36. The summed E-state index contributed by atoms with van der Waals surface area (Å²) in [4.78, 5) is 14.7. The SMILES string of the molecule is COc1ccc([C@H]2C[C@@H](C(F)(F)F)n3ncc(C(=O)N(C)Cc4cnn(C)c4C)c3N2)cc1OC. The minimum absolute atomic E-state index is 0.0260. The van der Waals surface area contributed by atoms with Crippen molar-refractivity contribution < 1.29 is 27.4 Å². The number of amides is 1. The number of aromatic nitrogens is 4. The third kappa shape index (κ3) is 4.52.